The van der Waals surface area contributed by atoms with Gasteiger partial charge in [0, 0.05) is 20.1 Å². The van der Waals surface area contributed by atoms with Crippen molar-refractivity contribution in [1.29, 1.82) is 0 Å². The van der Waals surface area contributed by atoms with Gasteiger partial charge >= 0.3 is 0 Å². The molecule has 0 unspecified atom stereocenters. The van der Waals surface area contributed by atoms with Crippen LogP contribution in [0.1, 0.15) is 0 Å². The molecule has 0 spiro atoms. The summed E-state index contributed by atoms with van der Waals surface area (Å²) in [7, 11) is -2.07. The molecule has 0 bridgehead atoms. The van der Waals surface area contributed by atoms with Crippen LogP contribution in [0.3, 0.4) is 0 Å². The number of halogens is 2. The van der Waals surface area contributed by atoms with Crippen LogP contribution in [0.2, 0.25) is 10.0 Å². The molecular weight excluding hydrogens is 271 g/mol. The molecule has 4 nitrogen and oxygen atoms in total. The van der Waals surface area contributed by atoms with Crippen molar-refractivity contribution in [3.8, 4) is 0 Å². The predicted octanol–water partition coefficient (Wildman–Crippen LogP) is 1.57. The van der Waals surface area contributed by atoms with E-state index < -0.39 is 10.0 Å². The van der Waals surface area contributed by atoms with Crippen LogP contribution in [-0.4, -0.2) is 32.9 Å². The lowest BCUT2D eigenvalue weighted by Gasteiger charge is -2.16. The molecule has 16 heavy (non-hydrogen) atoms. The fourth-order valence-corrected chi connectivity index (χ4v) is 2.69. The van der Waals surface area contributed by atoms with E-state index in [0.717, 1.165) is 0 Å². The maximum absolute atomic E-state index is 12.0. The average molecular weight is 283 g/mol. The smallest absolute Gasteiger partial charge is 0.242 e. The monoisotopic (exact) mass is 282 g/mol. The highest BCUT2D eigenvalue weighted by Gasteiger charge is 2.20. The number of benzene rings is 1. The Kier molecular flexibility index (Phi) is 4.58. The predicted molar refractivity (Wildman–Crippen MR) is 65.3 cm³/mol. The number of nitrogens with two attached hydrogens (primary N) is 1. The lowest BCUT2D eigenvalue weighted by molar-refractivity contribution is 0.476. The number of nitrogens with zero attached hydrogens (tertiary/aromatic N) is 1. The Morgan fingerprint density at radius 2 is 1.94 bits per heavy atom. The number of hydrogen-bond donors (Lipinski definition) is 1. The highest BCUT2D eigenvalue weighted by atomic mass is 35.5. The van der Waals surface area contributed by atoms with Gasteiger partial charge in [0.15, 0.2) is 0 Å². The van der Waals surface area contributed by atoms with Crippen molar-refractivity contribution >= 4 is 33.2 Å². The first-order valence-corrected chi connectivity index (χ1v) is 6.70. The molecule has 0 fully saturated rings. The van der Waals surface area contributed by atoms with Gasteiger partial charge in [0.2, 0.25) is 10.0 Å². The fourth-order valence-electron chi connectivity index (χ4n) is 1.12. The Bertz CT molecular complexity index is 476. The largest absolute Gasteiger partial charge is 0.329 e. The number of sulfonamides is 1. The van der Waals surface area contributed by atoms with E-state index in [1.165, 1.54) is 29.6 Å². The lowest BCUT2D eigenvalue weighted by atomic mass is 10.4. The Hall–Kier alpha value is -0.330. The van der Waals surface area contributed by atoms with Gasteiger partial charge in [-0.2, -0.15) is 4.31 Å². The summed E-state index contributed by atoms with van der Waals surface area (Å²) in [4.78, 5) is 0.109. The third kappa shape index (κ3) is 2.87. The van der Waals surface area contributed by atoms with E-state index in [2.05, 4.69) is 0 Å². The van der Waals surface area contributed by atoms with Crippen LogP contribution < -0.4 is 5.73 Å². The van der Waals surface area contributed by atoms with Crippen molar-refractivity contribution in [2.75, 3.05) is 20.1 Å². The zero-order valence-electron chi connectivity index (χ0n) is 8.65. The van der Waals surface area contributed by atoms with Gasteiger partial charge in [-0.1, -0.05) is 23.2 Å². The molecule has 0 heterocycles. The van der Waals surface area contributed by atoms with Gasteiger partial charge in [0.05, 0.1) is 14.9 Å². The van der Waals surface area contributed by atoms with Crippen LogP contribution in [0.25, 0.3) is 0 Å². The van der Waals surface area contributed by atoms with E-state index >= 15 is 0 Å². The van der Waals surface area contributed by atoms with E-state index in [4.69, 9.17) is 28.9 Å². The first-order chi connectivity index (χ1) is 7.39. The van der Waals surface area contributed by atoms with Crippen LogP contribution >= 0.6 is 23.2 Å². The molecule has 1 rings (SSSR count). The molecule has 0 atom stereocenters. The highest BCUT2D eigenvalue weighted by Crippen LogP contribution is 2.25. The maximum Gasteiger partial charge on any atom is 0.242 e. The summed E-state index contributed by atoms with van der Waals surface area (Å²) < 4.78 is 25.1. The van der Waals surface area contributed by atoms with Gasteiger partial charge in [-0.25, -0.2) is 8.42 Å². The molecule has 0 amide bonds. The second-order valence-corrected chi connectivity index (χ2v) is 6.05. The van der Waals surface area contributed by atoms with Crippen molar-refractivity contribution in [3.63, 3.8) is 0 Å². The van der Waals surface area contributed by atoms with Crippen molar-refractivity contribution < 1.29 is 8.42 Å². The average Bonchev–Trinajstić information content (AvgIpc) is 2.22. The van der Waals surface area contributed by atoms with Crippen LogP contribution in [0, 0.1) is 0 Å². The third-order valence-corrected chi connectivity index (χ3v) is 4.64. The molecule has 0 aromatic heterocycles. The van der Waals surface area contributed by atoms with Crippen LogP contribution in [0.4, 0.5) is 0 Å². The molecule has 90 valence electrons. The zero-order valence-corrected chi connectivity index (χ0v) is 11.0. The molecule has 0 saturated carbocycles. The van der Waals surface area contributed by atoms with Crippen molar-refractivity contribution in [1.82, 2.24) is 4.31 Å². The molecule has 0 radical (unpaired) electrons. The van der Waals surface area contributed by atoms with E-state index in [9.17, 15) is 8.42 Å². The SMILES string of the molecule is CN(CCN)S(=O)(=O)c1ccc(Cl)c(Cl)c1. The van der Waals surface area contributed by atoms with E-state index in [-0.39, 0.29) is 23.0 Å². The third-order valence-electron chi connectivity index (χ3n) is 2.04. The van der Waals surface area contributed by atoms with E-state index in [1.807, 2.05) is 0 Å². The maximum atomic E-state index is 12.0. The summed E-state index contributed by atoms with van der Waals surface area (Å²) in [6.07, 6.45) is 0. The topological polar surface area (TPSA) is 63.4 Å². The second-order valence-electron chi connectivity index (χ2n) is 3.19. The Morgan fingerprint density at radius 3 is 2.44 bits per heavy atom. The van der Waals surface area contributed by atoms with Gasteiger partial charge < -0.3 is 5.73 Å². The molecule has 1 aromatic rings. The molecule has 0 aliphatic heterocycles. The molecule has 2 N–H and O–H groups in total. The van der Waals surface area contributed by atoms with Gasteiger partial charge in [0.1, 0.15) is 0 Å². The Labute approximate surface area is 105 Å². The molecular formula is C9H12Cl2N2O2S. The Morgan fingerprint density at radius 1 is 1.31 bits per heavy atom. The minimum atomic E-state index is -3.53. The molecule has 0 aliphatic rings. The quantitative estimate of drug-likeness (QED) is 0.912. The van der Waals surface area contributed by atoms with Crippen LogP contribution in [-0.2, 0) is 10.0 Å². The molecule has 0 saturated heterocycles. The highest BCUT2D eigenvalue weighted by molar-refractivity contribution is 7.89. The van der Waals surface area contributed by atoms with Crippen molar-refractivity contribution in [2.45, 2.75) is 4.90 Å². The molecule has 7 heteroatoms. The minimum Gasteiger partial charge on any atom is -0.329 e. The minimum absolute atomic E-state index is 0.109. The molecule has 1 aromatic carbocycles. The van der Waals surface area contributed by atoms with Crippen LogP contribution in [0.5, 0.6) is 0 Å². The number of hydrogen-bond acceptors (Lipinski definition) is 3. The van der Waals surface area contributed by atoms with Crippen LogP contribution in [0.15, 0.2) is 23.1 Å². The van der Waals surface area contributed by atoms with Gasteiger partial charge in [0.25, 0.3) is 0 Å². The summed E-state index contributed by atoms with van der Waals surface area (Å²) in [6, 6.07) is 4.19. The molecule has 0 aliphatic carbocycles. The summed E-state index contributed by atoms with van der Waals surface area (Å²) >= 11 is 11.5. The van der Waals surface area contributed by atoms with E-state index in [0.29, 0.717) is 5.02 Å². The number of rotatable bonds is 4. The van der Waals surface area contributed by atoms with Gasteiger partial charge in [-0.15, -0.1) is 0 Å². The van der Waals surface area contributed by atoms with Gasteiger partial charge in [-0.05, 0) is 18.2 Å². The van der Waals surface area contributed by atoms with E-state index in [1.54, 1.807) is 0 Å². The standard InChI is InChI=1S/C9H12Cl2N2O2S/c1-13(5-4-12)16(14,15)7-2-3-8(10)9(11)6-7/h2-3,6H,4-5,12H2,1H3. The summed E-state index contributed by atoms with van der Waals surface area (Å²) in [5.41, 5.74) is 5.30. The summed E-state index contributed by atoms with van der Waals surface area (Å²) in [5, 5.41) is 0.533. The second kappa shape index (κ2) is 5.33. The fraction of sp³-hybridized carbons (Fsp3) is 0.333. The summed E-state index contributed by atoms with van der Waals surface area (Å²) in [6.45, 7) is 0.514. The zero-order chi connectivity index (χ0) is 12.3. The first kappa shape index (κ1) is 13.7. The summed E-state index contributed by atoms with van der Waals surface area (Å²) in [5.74, 6) is 0. The van der Waals surface area contributed by atoms with Crippen molar-refractivity contribution in [2.24, 2.45) is 5.73 Å². The van der Waals surface area contributed by atoms with Gasteiger partial charge in [-0.3, -0.25) is 0 Å². The lowest BCUT2D eigenvalue weighted by Crippen LogP contribution is -2.31. The first-order valence-electron chi connectivity index (χ1n) is 4.51. The normalized spacial score (nSPS) is 12.1. The Balaban J connectivity index is 3.12. The number of likely N-dealkylation sites (N-methyl/N-ethyl adjacent to an activating group) is 1. The van der Waals surface area contributed by atoms with Crippen molar-refractivity contribution in [3.05, 3.63) is 28.2 Å².